The van der Waals surface area contributed by atoms with Crippen LogP contribution in [0.3, 0.4) is 0 Å². The summed E-state index contributed by atoms with van der Waals surface area (Å²) >= 11 is 5.89. The van der Waals surface area contributed by atoms with Crippen molar-refractivity contribution < 1.29 is 19.2 Å². The molecule has 8 heteroatoms. The standard InChI is InChI=1S/C23H15ClN2O5/c1-30-22-13-15(12-17(14-25)16-7-9-18(24)10-8-16)6-11-21(22)31-23(27)19-4-2-3-5-20(19)26(28)29/h2-13H,1H3/b17-12+. The number of carbonyl (C=O) groups is 1. The van der Waals surface area contributed by atoms with Crippen molar-refractivity contribution >= 4 is 34.9 Å². The maximum atomic E-state index is 12.5. The van der Waals surface area contributed by atoms with E-state index in [1.54, 1.807) is 42.5 Å². The van der Waals surface area contributed by atoms with Crippen LogP contribution in [0, 0.1) is 21.4 Å². The highest BCUT2D eigenvalue weighted by Crippen LogP contribution is 2.31. The smallest absolute Gasteiger partial charge is 0.350 e. The Labute approximate surface area is 182 Å². The molecular formula is C23H15ClN2O5. The van der Waals surface area contributed by atoms with E-state index >= 15 is 0 Å². The molecule has 154 valence electrons. The quantitative estimate of drug-likeness (QED) is 0.126. The number of nitro groups is 1. The SMILES string of the molecule is COc1cc(/C=C(\C#N)c2ccc(Cl)cc2)ccc1OC(=O)c1ccccc1[N+](=O)[O-]. The third-order valence-corrected chi connectivity index (χ3v) is 4.55. The van der Waals surface area contributed by atoms with E-state index in [0.717, 1.165) is 0 Å². The van der Waals surface area contributed by atoms with Gasteiger partial charge in [0.25, 0.3) is 5.69 Å². The van der Waals surface area contributed by atoms with Crippen molar-refractivity contribution in [2.24, 2.45) is 0 Å². The number of nitrogens with zero attached hydrogens (tertiary/aromatic N) is 2. The Morgan fingerprint density at radius 3 is 2.45 bits per heavy atom. The van der Waals surface area contributed by atoms with Crippen LogP contribution in [-0.4, -0.2) is 18.0 Å². The number of ether oxygens (including phenoxy) is 2. The van der Waals surface area contributed by atoms with E-state index in [0.29, 0.717) is 21.7 Å². The first-order chi connectivity index (χ1) is 14.9. The van der Waals surface area contributed by atoms with Crippen molar-refractivity contribution in [2.75, 3.05) is 7.11 Å². The van der Waals surface area contributed by atoms with Gasteiger partial charge in [0.05, 0.1) is 23.7 Å². The molecule has 0 amide bonds. The van der Waals surface area contributed by atoms with Crippen LogP contribution in [-0.2, 0) is 0 Å². The first-order valence-electron chi connectivity index (χ1n) is 8.94. The molecule has 0 aliphatic rings. The van der Waals surface area contributed by atoms with Crippen molar-refractivity contribution in [1.29, 1.82) is 5.26 Å². The van der Waals surface area contributed by atoms with Crippen molar-refractivity contribution in [2.45, 2.75) is 0 Å². The van der Waals surface area contributed by atoms with E-state index < -0.39 is 10.9 Å². The molecule has 3 aromatic carbocycles. The summed E-state index contributed by atoms with van der Waals surface area (Å²) in [6.45, 7) is 0. The topological polar surface area (TPSA) is 102 Å². The molecule has 0 unspecified atom stereocenters. The van der Waals surface area contributed by atoms with Gasteiger partial charge in [-0.2, -0.15) is 5.26 Å². The van der Waals surface area contributed by atoms with Gasteiger partial charge in [-0.1, -0.05) is 41.9 Å². The number of halogens is 1. The summed E-state index contributed by atoms with van der Waals surface area (Å²) in [5, 5.41) is 21.2. The number of esters is 1. The molecule has 3 rings (SSSR count). The Bertz CT molecular complexity index is 1210. The zero-order valence-electron chi connectivity index (χ0n) is 16.2. The molecular weight excluding hydrogens is 420 g/mol. The number of carbonyl (C=O) groups excluding carboxylic acids is 1. The third kappa shape index (κ3) is 5.07. The van der Waals surface area contributed by atoms with E-state index in [1.165, 1.54) is 37.4 Å². The second kappa shape index (κ2) is 9.57. The highest BCUT2D eigenvalue weighted by molar-refractivity contribution is 6.30. The van der Waals surface area contributed by atoms with E-state index in [1.807, 2.05) is 0 Å². The average Bonchev–Trinajstić information content (AvgIpc) is 2.78. The maximum Gasteiger partial charge on any atom is 0.350 e. The lowest BCUT2D eigenvalue weighted by Gasteiger charge is -2.10. The van der Waals surface area contributed by atoms with Gasteiger partial charge in [0.2, 0.25) is 0 Å². The van der Waals surface area contributed by atoms with E-state index in [9.17, 15) is 20.2 Å². The van der Waals surface area contributed by atoms with Crippen molar-refractivity contribution in [3.63, 3.8) is 0 Å². The summed E-state index contributed by atoms with van der Waals surface area (Å²) < 4.78 is 10.6. The summed E-state index contributed by atoms with van der Waals surface area (Å²) in [5.74, 6) is -0.561. The van der Waals surface area contributed by atoms with Crippen LogP contribution in [0.15, 0.2) is 66.7 Å². The fourth-order valence-corrected chi connectivity index (χ4v) is 2.92. The van der Waals surface area contributed by atoms with Crippen LogP contribution in [0.2, 0.25) is 5.02 Å². The molecule has 3 aromatic rings. The molecule has 0 aliphatic carbocycles. The highest BCUT2D eigenvalue weighted by Gasteiger charge is 2.22. The van der Waals surface area contributed by atoms with E-state index in [-0.39, 0.29) is 22.7 Å². The van der Waals surface area contributed by atoms with Crippen molar-refractivity contribution in [1.82, 2.24) is 0 Å². The fraction of sp³-hybridized carbons (Fsp3) is 0.0435. The number of methoxy groups -OCH3 is 1. The minimum Gasteiger partial charge on any atom is -0.493 e. The summed E-state index contributed by atoms with van der Waals surface area (Å²) in [6, 6.07) is 19.2. The Kier molecular flexibility index (Phi) is 6.65. The van der Waals surface area contributed by atoms with Gasteiger partial charge in [-0.25, -0.2) is 4.79 Å². The molecule has 0 bridgehead atoms. The predicted octanol–water partition coefficient (Wildman–Crippen LogP) is 5.54. The van der Waals surface area contributed by atoms with Gasteiger partial charge in [-0.05, 0) is 47.5 Å². The Morgan fingerprint density at radius 1 is 1.10 bits per heavy atom. The number of hydrogen-bond acceptors (Lipinski definition) is 6. The van der Waals surface area contributed by atoms with Gasteiger partial charge in [0.15, 0.2) is 11.5 Å². The maximum absolute atomic E-state index is 12.5. The number of benzene rings is 3. The molecule has 0 aliphatic heterocycles. The van der Waals surface area contributed by atoms with Crippen LogP contribution < -0.4 is 9.47 Å². The molecule has 0 aromatic heterocycles. The second-order valence-electron chi connectivity index (χ2n) is 6.25. The summed E-state index contributed by atoms with van der Waals surface area (Å²) in [7, 11) is 1.40. The zero-order valence-corrected chi connectivity index (χ0v) is 17.0. The van der Waals surface area contributed by atoms with Crippen molar-refractivity contribution in [3.05, 3.63) is 98.6 Å². The Morgan fingerprint density at radius 2 is 1.81 bits per heavy atom. The normalized spacial score (nSPS) is 10.8. The first kappa shape index (κ1) is 21.6. The molecule has 0 atom stereocenters. The van der Waals surface area contributed by atoms with Gasteiger partial charge >= 0.3 is 5.97 Å². The lowest BCUT2D eigenvalue weighted by molar-refractivity contribution is -0.385. The molecule has 0 saturated carbocycles. The van der Waals surface area contributed by atoms with Gasteiger partial charge in [-0.15, -0.1) is 0 Å². The van der Waals surface area contributed by atoms with E-state index in [2.05, 4.69) is 6.07 Å². The molecule has 0 saturated heterocycles. The number of para-hydroxylation sites is 1. The van der Waals surface area contributed by atoms with E-state index in [4.69, 9.17) is 21.1 Å². The lowest BCUT2D eigenvalue weighted by atomic mass is 10.0. The molecule has 7 nitrogen and oxygen atoms in total. The number of allylic oxidation sites excluding steroid dienone is 1. The monoisotopic (exact) mass is 434 g/mol. The second-order valence-corrected chi connectivity index (χ2v) is 6.69. The number of nitriles is 1. The van der Waals surface area contributed by atoms with Gasteiger partial charge in [-0.3, -0.25) is 10.1 Å². The lowest BCUT2D eigenvalue weighted by Crippen LogP contribution is -2.11. The Hall–Kier alpha value is -4.15. The minimum atomic E-state index is -0.882. The van der Waals surface area contributed by atoms with Crippen LogP contribution in [0.25, 0.3) is 11.6 Å². The predicted molar refractivity (Wildman–Crippen MR) is 116 cm³/mol. The minimum absolute atomic E-state index is 0.0906. The van der Waals surface area contributed by atoms with Crippen LogP contribution >= 0.6 is 11.6 Å². The zero-order chi connectivity index (χ0) is 22.4. The molecule has 0 N–H and O–H groups in total. The fourth-order valence-electron chi connectivity index (χ4n) is 2.79. The Balaban J connectivity index is 1.90. The highest BCUT2D eigenvalue weighted by atomic mass is 35.5. The summed E-state index contributed by atoms with van der Waals surface area (Å²) in [4.78, 5) is 23.0. The molecule has 0 fully saturated rings. The van der Waals surface area contributed by atoms with Crippen molar-refractivity contribution in [3.8, 4) is 17.6 Å². The van der Waals surface area contributed by atoms with Crippen LogP contribution in [0.1, 0.15) is 21.5 Å². The molecule has 31 heavy (non-hydrogen) atoms. The van der Waals surface area contributed by atoms with Crippen LogP contribution in [0.5, 0.6) is 11.5 Å². The average molecular weight is 435 g/mol. The molecule has 0 radical (unpaired) electrons. The van der Waals surface area contributed by atoms with Gasteiger partial charge in [0.1, 0.15) is 5.56 Å². The first-order valence-corrected chi connectivity index (χ1v) is 9.32. The number of rotatable bonds is 6. The number of nitro benzene ring substituents is 1. The van der Waals surface area contributed by atoms with Crippen LogP contribution in [0.4, 0.5) is 5.69 Å². The summed E-state index contributed by atoms with van der Waals surface area (Å²) in [5.41, 5.74) is 1.20. The summed E-state index contributed by atoms with van der Waals surface area (Å²) in [6.07, 6.45) is 1.65. The largest absolute Gasteiger partial charge is 0.493 e. The van der Waals surface area contributed by atoms with Gasteiger partial charge in [0, 0.05) is 11.1 Å². The van der Waals surface area contributed by atoms with Gasteiger partial charge < -0.3 is 9.47 Å². The molecule has 0 heterocycles. The number of hydrogen-bond donors (Lipinski definition) is 0. The third-order valence-electron chi connectivity index (χ3n) is 4.30. The molecule has 0 spiro atoms.